The number of aromatic nitrogens is 2. The normalized spacial score (nSPS) is 12.4. The quantitative estimate of drug-likeness (QED) is 0.849. The van der Waals surface area contributed by atoms with Crippen LogP contribution in [0.5, 0.6) is 0 Å². The van der Waals surface area contributed by atoms with Gasteiger partial charge in [0.1, 0.15) is 12.6 Å². The molecule has 1 N–H and O–H groups in total. The van der Waals surface area contributed by atoms with Gasteiger partial charge >= 0.3 is 0 Å². The number of aryl methyl sites for hydroxylation is 1. The van der Waals surface area contributed by atoms with Crippen LogP contribution in [0.2, 0.25) is 0 Å². The van der Waals surface area contributed by atoms with Crippen LogP contribution in [0.1, 0.15) is 53.9 Å². The van der Waals surface area contributed by atoms with Crippen molar-refractivity contribution in [1.29, 1.82) is 0 Å². The van der Waals surface area contributed by atoms with Crippen LogP contribution < -0.4 is 5.32 Å². The molecule has 0 aliphatic rings. The Kier molecular flexibility index (Phi) is 5.87. The number of methoxy groups -OCH3 is 1. The van der Waals surface area contributed by atoms with Gasteiger partial charge in [-0.1, -0.05) is 37.2 Å². The van der Waals surface area contributed by atoms with Crippen molar-refractivity contribution in [2.24, 2.45) is 5.92 Å². The lowest BCUT2D eigenvalue weighted by atomic mass is 10.0. The molecule has 1 atom stereocenters. The van der Waals surface area contributed by atoms with Crippen molar-refractivity contribution >= 4 is 5.91 Å². The molecule has 1 unspecified atom stereocenters. The van der Waals surface area contributed by atoms with Gasteiger partial charge in [0.15, 0.2) is 5.82 Å². The Morgan fingerprint density at radius 1 is 1.35 bits per heavy atom. The van der Waals surface area contributed by atoms with E-state index in [1.54, 1.807) is 13.2 Å². The minimum absolute atomic E-state index is 0.139. The molecule has 0 bridgehead atoms. The number of nitrogens with zero attached hydrogens (tertiary/aromatic N) is 2. The van der Waals surface area contributed by atoms with Crippen LogP contribution in [-0.4, -0.2) is 23.2 Å². The molecule has 6 nitrogen and oxygen atoms in total. The average molecular weight is 317 g/mol. The second-order valence-corrected chi connectivity index (χ2v) is 5.95. The molecule has 1 heterocycles. The topological polar surface area (TPSA) is 77.3 Å². The van der Waals surface area contributed by atoms with E-state index in [0.29, 0.717) is 29.6 Å². The summed E-state index contributed by atoms with van der Waals surface area (Å²) in [5, 5.41) is 6.87. The Morgan fingerprint density at radius 2 is 2.09 bits per heavy atom. The summed E-state index contributed by atoms with van der Waals surface area (Å²) in [6.45, 7) is 6.36. The predicted octanol–water partition coefficient (Wildman–Crippen LogP) is 3.04. The van der Waals surface area contributed by atoms with Crippen LogP contribution in [0, 0.1) is 12.8 Å². The van der Waals surface area contributed by atoms with Gasteiger partial charge in [-0.2, -0.15) is 4.98 Å². The summed E-state index contributed by atoms with van der Waals surface area (Å²) in [6.07, 6.45) is 0.715. The zero-order valence-corrected chi connectivity index (χ0v) is 14.0. The summed E-state index contributed by atoms with van der Waals surface area (Å²) in [5.74, 6) is 1.12. The fraction of sp³-hybridized carbons (Fsp3) is 0.471. The smallest absolute Gasteiger partial charge is 0.252 e. The summed E-state index contributed by atoms with van der Waals surface area (Å²) in [5.41, 5.74) is 1.58. The monoisotopic (exact) mass is 317 g/mol. The van der Waals surface area contributed by atoms with Gasteiger partial charge in [0.2, 0.25) is 5.89 Å². The molecule has 0 aliphatic carbocycles. The first-order valence-corrected chi connectivity index (χ1v) is 7.69. The highest BCUT2D eigenvalue weighted by Crippen LogP contribution is 2.21. The Morgan fingerprint density at radius 3 is 2.74 bits per heavy atom. The SMILES string of the molecule is COCc1noc(C(CC(C)C)NC(=O)c2ccccc2C)n1. The standard InChI is InChI=1S/C17H23N3O3/c1-11(2)9-14(17-19-15(10-22-4)20-23-17)18-16(21)13-8-6-5-7-12(13)3/h5-8,11,14H,9-10H2,1-4H3,(H,18,21). The molecule has 0 saturated carbocycles. The fourth-order valence-electron chi connectivity index (χ4n) is 2.35. The number of rotatable bonds is 7. The van der Waals surface area contributed by atoms with Crippen LogP contribution in [0.25, 0.3) is 0 Å². The largest absolute Gasteiger partial charge is 0.377 e. The lowest BCUT2D eigenvalue weighted by Gasteiger charge is -2.17. The van der Waals surface area contributed by atoms with Gasteiger partial charge in [0.25, 0.3) is 5.91 Å². The molecule has 124 valence electrons. The Balaban J connectivity index is 2.18. The minimum Gasteiger partial charge on any atom is -0.377 e. The highest BCUT2D eigenvalue weighted by molar-refractivity contribution is 5.95. The third-order valence-electron chi connectivity index (χ3n) is 3.46. The van der Waals surface area contributed by atoms with E-state index in [0.717, 1.165) is 5.56 Å². The van der Waals surface area contributed by atoms with E-state index in [9.17, 15) is 4.79 Å². The molecule has 1 aromatic heterocycles. The van der Waals surface area contributed by atoms with Gasteiger partial charge < -0.3 is 14.6 Å². The maximum absolute atomic E-state index is 12.5. The summed E-state index contributed by atoms with van der Waals surface area (Å²) < 4.78 is 10.3. The zero-order valence-electron chi connectivity index (χ0n) is 14.0. The number of hydrogen-bond acceptors (Lipinski definition) is 5. The Bertz CT molecular complexity index is 652. The highest BCUT2D eigenvalue weighted by Gasteiger charge is 2.23. The van der Waals surface area contributed by atoms with Crippen LogP contribution in [0.15, 0.2) is 28.8 Å². The van der Waals surface area contributed by atoms with Crippen LogP contribution in [0.4, 0.5) is 0 Å². The maximum Gasteiger partial charge on any atom is 0.252 e. The van der Waals surface area contributed by atoms with Crippen molar-refractivity contribution in [3.8, 4) is 0 Å². The van der Waals surface area contributed by atoms with E-state index in [1.807, 2.05) is 25.1 Å². The molecule has 2 aromatic rings. The third-order valence-corrected chi connectivity index (χ3v) is 3.46. The lowest BCUT2D eigenvalue weighted by molar-refractivity contribution is 0.0921. The number of carbonyl (C=O) groups excluding carboxylic acids is 1. The number of benzene rings is 1. The van der Waals surface area contributed by atoms with Gasteiger partial charge in [-0.3, -0.25) is 4.79 Å². The second kappa shape index (κ2) is 7.87. The van der Waals surface area contributed by atoms with Gasteiger partial charge in [-0.25, -0.2) is 0 Å². The van der Waals surface area contributed by atoms with Crippen molar-refractivity contribution in [2.45, 2.75) is 39.8 Å². The predicted molar refractivity (Wildman–Crippen MR) is 85.9 cm³/mol. The number of carbonyl (C=O) groups is 1. The molecule has 2 rings (SSSR count). The summed E-state index contributed by atoms with van der Waals surface area (Å²) in [7, 11) is 1.57. The summed E-state index contributed by atoms with van der Waals surface area (Å²) >= 11 is 0. The first kappa shape index (κ1) is 17.1. The summed E-state index contributed by atoms with van der Waals surface area (Å²) in [4.78, 5) is 16.8. The van der Waals surface area contributed by atoms with E-state index in [2.05, 4.69) is 29.3 Å². The van der Waals surface area contributed by atoms with E-state index in [4.69, 9.17) is 9.26 Å². The van der Waals surface area contributed by atoms with Gasteiger partial charge in [0.05, 0.1) is 0 Å². The van der Waals surface area contributed by atoms with Gasteiger partial charge in [0, 0.05) is 12.7 Å². The van der Waals surface area contributed by atoms with Gasteiger partial charge in [-0.15, -0.1) is 0 Å². The lowest BCUT2D eigenvalue weighted by Crippen LogP contribution is -2.30. The Hall–Kier alpha value is -2.21. The maximum atomic E-state index is 12.5. The molecule has 1 aromatic carbocycles. The van der Waals surface area contributed by atoms with Crippen LogP contribution in [-0.2, 0) is 11.3 Å². The average Bonchev–Trinajstić information content (AvgIpc) is 2.95. The zero-order chi connectivity index (χ0) is 16.8. The minimum atomic E-state index is -0.319. The molecular weight excluding hydrogens is 294 g/mol. The Labute approximate surface area is 136 Å². The van der Waals surface area contributed by atoms with Crippen molar-refractivity contribution in [3.05, 3.63) is 47.1 Å². The fourth-order valence-corrected chi connectivity index (χ4v) is 2.35. The van der Waals surface area contributed by atoms with Crippen molar-refractivity contribution in [2.75, 3.05) is 7.11 Å². The van der Waals surface area contributed by atoms with E-state index >= 15 is 0 Å². The summed E-state index contributed by atoms with van der Waals surface area (Å²) in [6, 6.07) is 7.16. The number of hydrogen-bond donors (Lipinski definition) is 1. The molecule has 0 spiro atoms. The molecule has 6 heteroatoms. The molecule has 0 aliphatic heterocycles. The van der Waals surface area contributed by atoms with Crippen molar-refractivity contribution in [3.63, 3.8) is 0 Å². The van der Waals surface area contributed by atoms with Crippen molar-refractivity contribution < 1.29 is 14.1 Å². The molecule has 23 heavy (non-hydrogen) atoms. The highest BCUT2D eigenvalue weighted by atomic mass is 16.5. The van der Waals surface area contributed by atoms with E-state index in [-0.39, 0.29) is 18.6 Å². The molecule has 1 amide bonds. The van der Waals surface area contributed by atoms with Crippen LogP contribution >= 0.6 is 0 Å². The second-order valence-electron chi connectivity index (χ2n) is 5.95. The third kappa shape index (κ3) is 4.63. The number of nitrogens with one attached hydrogen (secondary N) is 1. The molecule has 0 fully saturated rings. The number of amides is 1. The van der Waals surface area contributed by atoms with Crippen LogP contribution in [0.3, 0.4) is 0 Å². The number of ether oxygens (including phenoxy) is 1. The molecule has 0 saturated heterocycles. The molecular formula is C17H23N3O3. The van der Waals surface area contributed by atoms with E-state index < -0.39 is 0 Å². The van der Waals surface area contributed by atoms with Crippen molar-refractivity contribution in [1.82, 2.24) is 15.5 Å². The first-order chi connectivity index (χ1) is 11.0. The van der Waals surface area contributed by atoms with Gasteiger partial charge in [-0.05, 0) is 30.9 Å². The molecule has 0 radical (unpaired) electrons. The van der Waals surface area contributed by atoms with E-state index in [1.165, 1.54) is 0 Å². The first-order valence-electron chi connectivity index (χ1n) is 7.69.